The van der Waals surface area contributed by atoms with Crippen LogP contribution >= 0.6 is 11.6 Å². The number of carbonyl (C=O) groups is 1. The van der Waals surface area contributed by atoms with Crippen molar-refractivity contribution < 1.29 is 14.3 Å². The number of rotatable bonds is 4. The number of aliphatic hydroxyl groups excluding tert-OH is 1. The highest BCUT2D eigenvalue weighted by atomic mass is 35.5. The Morgan fingerprint density at radius 3 is 3.00 bits per heavy atom. The fourth-order valence-electron chi connectivity index (χ4n) is 2.98. The maximum absolute atomic E-state index is 13.9. The van der Waals surface area contributed by atoms with E-state index in [9.17, 15) is 9.18 Å². The van der Waals surface area contributed by atoms with Crippen molar-refractivity contribution in [2.75, 3.05) is 13.2 Å². The Kier molecular flexibility index (Phi) is 6.03. The quantitative estimate of drug-likeness (QED) is 0.889. The minimum absolute atomic E-state index is 0.0436. The first-order valence-electron chi connectivity index (χ1n) is 7.66. The lowest BCUT2D eigenvalue weighted by Crippen LogP contribution is -2.49. The molecule has 2 amide bonds. The number of hydrogen-bond acceptors (Lipinski definition) is 2. The molecule has 22 heavy (non-hydrogen) atoms. The van der Waals surface area contributed by atoms with Crippen LogP contribution in [0.4, 0.5) is 9.18 Å². The van der Waals surface area contributed by atoms with Crippen molar-refractivity contribution in [2.24, 2.45) is 0 Å². The van der Waals surface area contributed by atoms with Gasteiger partial charge in [-0.05, 0) is 44.7 Å². The second kappa shape index (κ2) is 7.79. The molecule has 1 aromatic carbocycles. The number of nitrogens with one attached hydrogen (secondary N) is 1. The number of carbonyl (C=O) groups excluding carboxylic acids is 1. The van der Waals surface area contributed by atoms with E-state index in [1.54, 1.807) is 17.9 Å². The van der Waals surface area contributed by atoms with E-state index < -0.39 is 11.9 Å². The largest absolute Gasteiger partial charge is 0.396 e. The average molecular weight is 329 g/mol. The molecule has 1 fully saturated rings. The first kappa shape index (κ1) is 17.0. The summed E-state index contributed by atoms with van der Waals surface area (Å²) >= 11 is 6.03. The number of benzene rings is 1. The first-order chi connectivity index (χ1) is 10.5. The summed E-state index contributed by atoms with van der Waals surface area (Å²) in [4.78, 5) is 14.2. The lowest BCUT2D eigenvalue weighted by Gasteiger charge is -2.36. The van der Waals surface area contributed by atoms with E-state index in [0.717, 1.165) is 19.3 Å². The van der Waals surface area contributed by atoms with Gasteiger partial charge in [-0.15, -0.1) is 0 Å². The lowest BCUT2D eigenvalue weighted by molar-refractivity contribution is 0.130. The zero-order chi connectivity index (χ0) is 16.1. The van der Waals surface area contributed by atoms with Crippen LogP contribution in [0.25, 0.3) is 0 Å². The minimum atomic E-state index is -0.516. The number of aliphatic hydroxyl groups is 1. The summed E-state index contributed by atoms with van der Waals surface area (Å²) in [7, 11) is 0. The average Bonchev–Trinajstić information content (AvgIpc) is 2.47. The molecular weight excluding hydrogens is 307 g/mol. The maximum Gasteiger partial charge on any atom is 0.318 e. The van der Waals surface area contributed by atoms with Gasteiger partial charge in [-0.25, -0.2) is 9.18 Å². The van der Waals surface area contributed by atoms with Crippen LogP contribution in [0.1, 0.15) is 44.2 Å². The van der Waals surface area contributed by atoms with Gasteiger partial charge in [-0.1, -0.05) is 17.7 Å². The van der Waals surface area contributed by atoms with E-state index in [4.69, 9.17) is 16.7 Å². The van der Waals surface area contributed by atoms with E-state index in [0.29, 0.717) is 23.6 Å². The van der Waals surface area contributed by atoms with E-state index in [-0.39, 0.29) is 18.7 Å². The molecule has 1 aliphatic heterocycles. The Morgan fingerprint density at radius 2 is 2.32 bits per heavy atom. The van der Waals surface area contributed by atoms with E-state index in [1.807, 2.05) is 0 Å². The molecule has 2 atom stereocenters. The Hall–Kier alpha value is -1.33. The van der Waals surface area contributed by atoms with Gasteiger partial charge in [0.25, 0.3) is 0 Å². The molecule has 2 N–H and O–H groups in total. The third-order valence-electron chi connectivity index (χ3n) is 4.12. The molecule has 1 heterocycles. The highest BCUT2D eigenvalue weighted by Crippen LogP contribution is 2.26. The number of likely N-dealkylation sites (tertiary alicyclic amines) is 1. The van der Waals surface area contributed by atoms with Crippen LogP contribution < -0.4 is 5.32 Å². The van der Waals surface area contributed by atoms with Crippen LogP contribution in [-0.4, -0.2) is 35.2 Å². The van der Waals surface area contributed by atoms with Crippen LogP contribution in [0, 0.1) is 5.82 Å². The van der Waals surface area contributed by atoms with Gasteiger partial charge in [-0.2, -0.15) is 0 Å². The van der Waals surface area contributed by atoms with Crippen LogP contribution in [0.5, 0.6) is 0 Å². The molecule has 6 heteroatoms. The normalized spacial score (nSPS) is 19.8. The number of hydrogen-bond donors (Lipinski definition) is 2. The Balaban J connectivity index is 2.07. The Bertz CT molecular complexity index is 505. The van der Waals surface area contributed by atoms with Crippen molar-refractivity contribution in [3.8, 4) is 0 Å². The van der Waals surface area contributed by atoms with E-state index in [2.05, 4.69) is 5.32 Å². The van der Waals surface area contributed by atoms with Gasteiger partial charge in [0, 0.05) is 29.8 Å². The van der Waals surface area contributed by atoms with Crippen LogP contribution in [0.15, 0.2) is 18.2 Å². The molecule has 0 radical (unpaired) electrons. The smallest absolute Gasteiger partial charge is 0.318 e. The van der Waals surface area contributed by atoms with Crippen molar-refractivity contribution >= 4 is 17.6 Å². The molecule has 0 aliphatic carbocycles. The Morgan fingerprint density at radius 1 is 1.55 bits per heavy atom. The lowest BCUT2D eigenvalue weighted by atomic mass is 10.00. The molecule has 0 spiro atoms. The number of amides is 2. The van der Waals surface area contributed by atoms with E-state index in [1.165, 1.54) is 12.1 Å². The molecular formula is C16H22ClFN2O2. The number of piperidine rings is 1. The van der Waals surface area contributed by atoms with Gasteiger partial charge >= 0.3 is 6.03 Å². The van der Waals surface area contributed by atoms with Gasteiger partial charge in [0.15, 0.2) is 0 Å². The maximum atomic E-state index is 13.9. The fraction of sp³-hybridized carbons (Fsp3) is 0.562. The highest BCUT2D eigenvalue weighted by Gasteiger charge is 2.28. The molecule has 0 saturated carbocycles. The summed E-state index contributed by atoms with van der Waals surface area (Å²) < 4.78 is 13.9. The minimum Gasteiger partial charge on any atom is -0.396 e. The SMILES string of the molecule is CC(NC(=O)N1CCCCC1CCO)c1c(F)cccc1Cl. The third kappa shape index (κ3) is 3.90. The predicted molar refractivity (Wildman–Crippen MR) is 84.4 cm³/mol. The molecule has 0 aromatic heterocycles. The summed E-state index contributed by atoms with van der Waals surface area (Å²) in [6.07, 6.45) is 3.47. The van der Waals surface area contributed by atoms with Crippen molar-refractivity contribution in [1.82, 2.24) is 10.2 Å². The summed E-state index contributed by atoms with van der Waals surface area (Å²) in [5.74, 6) is -0.425. The molecule has 1 saturated heterocycles. The summed E-state index contributed by atoms with van der Waals surface area (Å²) in [5.41, 5.74) is 0.299. The van der Waals surface area contributed by atoms with Crippen molar-refractivity contribution in [3.05, 3.63) is 34.6 Å². The Labute approximate surface area is 135 Å². The molecule has 1 aromatic rings. The molecule has 122 valence electrons. The number of urea groups is 1. The van der Waals surface area contributed by atoms with Crippen LogP contribution in [0.3, 0.4) is 0 Å². The fourth-order valence-corrected chi connectivity index (χ4v) is 3.31. The molecule has 4 nitrogen and oxygen atoms in total. The van der Waals surface area contributed by atoms with Crippen molar-refractivity contribution in [2.45, 2.75) is 44.7 Å². The predicted octanol–water partition coefficient (Wildman–Crippen LogP) is 3.49. The summed E-state index contributed by atoms with van der Waals surface area (Å²) in [5, 5.41) is 12.2. The van der Waals surface area contributed by atoms with Gasteiger partial charge in [-0.3, -0.25) is 0 Å². The number of nitrogens with zero attached hydrogens (tertiary/aromatic N) is 1. The highest BCUT2D eigenvalue weighted by molar-refractivity contribution is 6.31. The summed E-state index contributed by atoms with van der Waals surface area (Å²) in [6, 6.07) is 3.78. The zero-order valence-electron chi connectivity index (χ0n) is 12.7. The molecule has 2 unspecified atom stereocenters. The molecule has 2 rings (SSSR count). The van der Waals surface area contributed by atoms with Crippen molar-refractivity contribution in [1.29, 1.82) is 0 Å². The zero-order valence-corrected chi connectivity index (χ0v) is 13.4. The standard InChI is InChI=1S/C16H22ClFN2O2/c1-11(15-13(17)6-4-7-14(15)18)19-16(22)20-9-3-2-5-12(20)8-10-21/h4,6-7,11-12,21H,2-3,5,8-10H2,1H3,(H,19,22). The number of halogens is 2. The molecule has 0 bridgehead atoms. The van der Waals surface area contributed by atoms with Gasteiger partial charge < -0.3 is 15.3 Å². The van der Waals surface area contributed by atoms with Crippen LogP contribution in [0.2, 0.25) is 5.02 Å². The van der Waals surface area contributed by atoms with E-state index >= 15 is 0 Å². The second-order valence-electron chi connectivity index (χ2n) is 5.66. The van der Waals surface area contributed by atoms with Gasteiger partial charge in [0.05, 0.1) is 6.04 Å². The van der Waals surface area contributed by atoms with Crippen LogP contribution in [-0.2, 0) is 0 Å². The van der Waals surface area contributed by atoms with Gasteiger partial charge in [0.2, 0.25) is 0 Å². The third-order valence-corrected chi connectivity index (χ3v) is 4.45. The monoisotopic (exact) mass is 328 g/mol. The first-order valence-corrected chi connectivity index (χ1v) is 8.04. The molecule has 1 aliphatic rings. The van der Waals surface area contributed by atoms with Gasteiger partial charge in [0.1, 0.15) is 5.82 Å². The summed E-state index contributed by atoms with van der Waals surface area (Å²) in [6.45, 7) is 2.44. The topological polar surface area (TPSA) is 52.6 Å². The second-order valence-corrected chi connectivity index (χ2v) is 6.07. The van der Waals surface area contributed by atoms with Crippen molar-refractivity contribution in [3.63, 3.8) is 0 Å².